The Kier molecular flexibility index (Phi) is 7.47. The standard InChI is InChI=1S/C21H20Cl3FN2O3/c1-21(26-6-7-29-19-5-2-13(22)8-18(19)25)10-14(11-21)27-20(28)12-30-15-3-4-16(23)17(24)9-15/h2-5,8-10,26H,6-7,11-12H2,1H3,(H,27,28). The average Bonchev–Trinajstić information content (AvgIpc) is 2.66. The number of hydrogen-bond acceptors (Lipinski definition) is 4. The maximum atomic E-state index is 13.7. The van der Waals surface area contributed by atoms with Gasteiger partial charge in [0.1, 0.15) is 12.4 Å². The molecule has 2 aromatic rings. The molecule has 0 spiro atoms. The number of benzene rings is 2. The molecule has 1 atom stereocenters. The fourth-order valence-corrected chi connectivity index (χ4v) is 3.41. The van der Waals surface area contributed by atoms with Gasteiger partial charge >= 0.3 is 0 Å². The second-order valence-corrected chi connectivity index (χ2v) is 8.28. The van der Waals surface area contributed by atoms with Gasteiger partial charge in [0.25, 0.3) is 5.91 Å². The van der Waals surface area contributed by atoms with Crippen LogP contribution in [0.15, 0.2) is 48.2 Å². The summed E-state index contributed by atoms with van der Waals surface area (Å²) >= 11 is 17.5. The molecule has 0 fully saturated rings. The van der Waals surface area contributed by atoms with Crippen LogP contribution in [0.3, 0.4) is 0 Å². The van der Waals surface area contributed by atoms with Crippen molar-refractivity contribution >= 4 is 40.7 Å². The summed E-state index contributed by atoms with van der Waals surface area (Å²) in [6.45, 7) is 2.66. The van der Waals surface area contributed by atoms with E-state index in [0.29, 0.717) is 40.4 Å². The number of halogens is 4. The van der Waals surface area contributed by atoms with Crippen molar-refractivity contribution in [3.05, 3.63) is 69.1 Å². The second kappa shape index (κ2) is 9.88. The Bertz CT molecular complexity index is 971. The van der Waals surface area contributed by atoms with Gasteiger partial charge in [0.15, 0.2) is 18.2 Å². The van der Waals surface area contributed by atoms with Crippen LogP contribution in [0.1, 0.15) is 13.3 Å². The number of hydrogen-bond donors (Lipinski definition) is 2. The van der Waals surface area contributed by atoms with Crippen LogP contribution in [0.25, 0.3) is 0 Å². The van der Waals surface area contributed by atoms with Crippen molar-refractivity contribution in [1.29, 1.82) is 0 Å². The largest absolute Gasteiger partial charge is 0.489 e. The highest BCUT2D eigenvalue weighted by atomic mass is 35.5. The van der Waals surface area contributed by atoms with Crippen molar-refractivity contribution in [2.24, 2.45) is 0 Å². The zero-order valence-electron chi connectivity index (χ0n) is 16.1. The third-order valence-corrected chi connectivity index (χ3v) is 5.37. The number of amides is 1. The lowest BCUT2D eigenvalue weighted by Crippen LogP contribution is -2.51. The van der Waals surface area contributed by atoms with Crippen LogP contribution in [-0.4, -0.2) is 31.2 Å². The van der Waals surface area contributed by atoms with E-state index < -0.39 is 5.82 Å². The lowest BCUT2D eigenvalue weighted by molar-refractivity contribution is -0.122. The van der Waals surface area contributed by atoms with Crippen molar-refractivity contribution in [3.63, 3.8) is 0 Å². The molecule has 1 aliphatic rings. The first-order valence-corrected chi connectivity index (χ1v) is 10.3. The molecule has 0 radical (unpaired) electrons. The summed E-state index contributed by atoms with van der Waals surface area (Å²) in [6, 6.07) is 9.08. The molecular formula is C21H20Cl3FN2O3. The van der Waals surface area contributed by atoms with Gasteiger partial charge < -0.3 is 20.1 Å². The van der Waals surface area contributed by atoms with Gasteiger partial charge in [-0.1, -0.05) is 34.8 Å². The molecular weight excluding hydrogens is 454 g/mol. The van der Waals surface area contributed by atoms with Crippen molar-refractivity contribution in [3.8, 4) is 11.5 Å². The van der Waals surface area contributed by atoms with E-state index in [9.17, 15) is 9.18 Å². The quantitative estimate of drug-likeness (QED) is 0.504. The molecule has 2 N–H and O–H groups in total. The molecule has 0 saturated carbocycles. The van der Waals surface area contributed by atoms with Gasteiger partial charge in [-0.15, -0.1) is 0 Å². The maximum Gasteiger partial charge on any atom is 0.262 e. The third-order valence-electron chi connectivity index (χ3n) is 4.39. The fourth-order valence-electron chi connectivity index (χ4n) is 2.97. The summed E-state index contributed by atoms with van der Waals surface area (Å²) < 4.78 is 24.5. The van der Waals surface area contributed by atoms with E-state index in [1.54, 1.807) is 24.3 Å². The summed E-state index contributed by atoms with van der Waals surface area (Å²) in [6.07, 6.45) is 2.56. The van der Waals surface area contributed by atoms with Crippen molar-refractivity contribution in [2.45, 2.75) is 18.9 Å². The van der Waals surface area contributed by atoms with Gasteiger partial charge in [0, 0.05) is 35.3 Å². The molecule has 160 valence electrons. The van der Waals surface area contributed by atoms with Gasteiger partial charge in [-0.05, 0) is 43.3 Å². The fraction of sp³-hybridized carbons (Fsp3) is 0.286. The lowest BCUT2D eigenvalue weighted by atomic mass is 9.84. The molecule has 0 aliphatic heterocycles. The highest BCUT2D eigenvalue weighted by Gasteiger charge is 2.32. The first-order valence-electron chi connectivity index (χ1n) is 9.16. The van der Waals surface area contributed by atoms with Crippen LogP contribution >= 0.6 is 34.8 Å². The van der Waals surface area contributed by atoms with Crippen molar-refractivity contribution in [1.82, 2.24) is 10.6 Å². The van der Waals surface area contributed by atoms with Crippen LogP contribution in [0, 0.1) is 5.82 Å². The smallest absolute Gasteiger partial charge is 0.262 e. The van der Waals surface area contributed by atoms with Gasteiger partial charge in [0.2, 0.25) is 0 Å². The zero-order chi connectivity index (χ0) is 21.7. The highest BCUT2D eigenvalue weighted by Crippen LogP contribution is 2.29. The van der Waals surface area contributed by atoms with E-state index >= 15 is 0 Å². The van der Waals surface area contributed by atoms with E-state index in [-0.39, 0.29) is 23.8 Å². The molecule has 30 heavy (non-hydrogen) atoms. The Morgan fingerprint density at radius 1 is 1.13 bits per heavy atom. The molecule has 9 heteroatoms. The van der Waals surface area contributed by atoms with E-state index in [1.807, 2.05) is 13.0 Å². The second-order valence-electron chi connectivity index (χ2n) is 7.03. The molecule has 2 aromatic carbocycles. The number of carbonyl (C=O) groups excluding carboxylic acids is 1. The SMILES string of the molecule is CC1(NCCOc2ccc(Cl)cc2F)C=C(NC(=O)COc2ccc(Cl)c(Cl)c2)C1. The molecule has 0 bridgehead atoms. The summed E-state index contributed by atoms with van der Waals surface area (Å²) in [5, 5.41) is 7.21. The molecule has 1 unspecified atom stereocenters. The van der Waals surface area contributed by atoms with Crippen molar-refractivity contribution in [2.75, 3.05) is 19.8 Å². The maximum absolute atomic E-state index is 13.7. The summed E-state index contributed by atoms with van der Waals surface area (Å²) in [5.74, 6) is -0.141. The number of ether oxygens (including phenoxy) is 2. The lowest BCUT2D eigenvalue weighted by Gasteiger charge is -2.37. The van der Waals surface area contributed by atoms with Gasteiger partial charge in [0.05, 0.1) is 10.0 Å². The first kappa shape index (κ1) is 22.7. The Morgan fingerprint density at radius 3 is 2.60 bits per heavy atom. The highest BCUT2D eigenvalue weighted by molar-refractivity contribution is 6.42. The molecule has 1 amide bonds. The molecule has 0 aromatic heterocycles. The third kappa shape index (κ3) is 6.25. The minimum absolute atomic E-state index is 0.139. The Hall–Kier alpha value is -1.99. The summed E-state index contributed by atoms with van der Waals surface area (Å²) in [5.41, 5.74) is 0.534. The van der Waals surface area contributed by atoms with E-state index in [4.69, 9.17) is 44.3 Å². The molecule has 3 rings (SSSR count). The number of carbonyl (C=O) groups is 1. The first-order chi connectivity index (χ1) is 14.2. The van der Waals surface area contributed by atoms with Crippen molar-refractivity contribution < 1.29 is 18.7 Å². The topological polar surface area (TPSA) is 59.6 Å². The van der Waals surface area contributed by atoms with Gasteiger partial charge in [-0.2, -0.15) is 0 Å². The molecule has 1 aliphatic carbocycles. The Balaban J connectivity index is 1.37. The van der Waals surface area contributed by atoms with Crippen LogP contribution < -0.4 is 20.1 Å². The predicted molar refractivity (Wildman–Crippen MR) is 116 cm³/mol. The molecule has 5 nitrogen and oxygen atoms in total. The molecule has 0 saturated heterocycles. The average molecular weight is 474 g/mol. The minimum Gasteiger partial charge on any atom is -0.489 e. The van der Waals surface area contributed by atoms with E-state index in [1.165, 1.54) is 12.1 Å². The Labute approximate surface area is 189 Å². The van der Waals surface area contributed by atoms with Gasteiger partial charge in [-0.25, -0.2) is 4.39 Å². The van der Waals surface area contributed by atoms with E-state index in [2.05, 4.69) is 10.6 Å². The minimum atomic E-state index is -0.495. The zero-order valence-corrected chi connectivity index (χ0v) is 18.4. The van der Waals surface area contributed by atoms with E-state index in [0.717, 1.165) is 5.70 Å². The molecule has 0 heterocycles. The van der Waals surface area contributed by atoms with Crippen LogP contribution in [-0.2, 0) is 4.79 Å². The number of rotatable bonds is 9. The number of nitrogens with one attached hydrogen (secondary N) is 2. The van der Waals surface area contributed by atoms with Crippen LogP contribution in [0.4, 0.5) is 4.39 Å². The monoisotopic (exact) mass is 472 g/mol. The van der Waals surface area contributed by atoms with Gasteiger partial charge in [-0.3, -0.25) is 4.79 Å². The summed E-state index contributed by atoms with van der Waals surface area (Å²) in [7, 11) is 0. The van der Waals surface area contributed by atoms with Crippen LogP contribution in [0.5, 0.6) is 11.5 Å². The predicted octanol–water partition coefficient (Wildman–Crippen LogP) is 5.00. The normalized spacial score (nSPS) is 17.7. The van der Waals surface area contributed by atoms with Crippen LogP contribution in [0.2, 0.25) is 15.1 Å². The Morgan fingerprint density at radius 2 is 1.90 bits per heavy atom. The summed E-state index contributed by atoms with van der Waals surface area (Å²) in [4.78, 5) is 12.0.